The van der Waals surface area contributed by atoms with E-state index in [1.165, 1.54) is 0 Å². The second kappa shape index (κ2) is 4.90. The molecule has 1 saturated heterocycles. The third kappa shape index (κ3) is 2.46. The largest absolute Gasteiger partial charge is 0.335 e. The standard InChI is InChI=1S/C10H15BrN4/c1-2-9-7-12-3-4-15(9)10-13-5-8(11)6-14-10/h5-6,9,12H,2-4,7H2,1H3. The molecule has 82 valence electrons. The van der Waals surface area contributed by atoms with Crippen molar-refractivity contribution < 1.29 is 0 Å². The van der Waals surface area contributed by atoms with Crippen molar-refractivity contribution in [2.75, 3.05) is 24.5 Å². The minimum Gasteiger partial charge on any atom is -0.335 e. The molecule has 1 aliphatic rings. The van der Waals surface area contributed by atoms with Crippen molar-refractivity contribution in [1.82, 2.24) is 15.3 Å². The van der Waals surface area contributed by atoms with Crippen LogP contribution in [-0.4, -0.2) is 35.6 Å². The van der Waals surface area contributed by atoms with Crippen molar-refractivity contribution in [2.24, 2.45) is 0 Å². The van der Waals surface area contributed by atoms with Gasteiger partial charge in [-0.15, -0.1) is 0 Å². The monoisotopic (exact) mass is 270 g/mol. The lowest BCUT2D eigenvalue weighted by atomic mass is 10.1. The van der Waals surface area contributed by atoms with Crippen LogP contribution in [-0.2, 0) is 0 Å². The van der Waals surface area contributed by atoms with Gasteiger partial charge in [-0.3, -0.25) is 0 Å². The average Bonchev–Trinajstić information content (AvgIpc) is 2.30. The minimum atomic E-state index is 0.514. The summed E-state index contributed by atoms with van der Waals surface area (Å²) in [7, 11) is 0. The molecule has 1 aromatic rings. The second-order valence-corrected chi connectivity index (χ2v) is 4.58. The summed E-state index contributed by atoms with van der Waals surface area (Å²) < 4.78 is 0.925. The number of nitrogens with one attached hydrogen (secondary N) is 1. The van der Waals surface area contributed by atoms with Crippen LogP contribution < -0.4 is 10.2 Å². The maximum atomic E-state index is 4.34. The molecule has 5 heteroatoms. The number of hydrogen-bond acceptors (Lipinski definition) is 4. The number of hydrogen-bond donors (Lipinski definition) is 1. The highest BCUT2D eigenvalue weighted by atomic mass is 79.9. The van der Waals surface area contributed by atoms with E-state index in [0.717, 1.165) is 36.5 Å². The van der Waals surface area contributed by atoms with Crippen LogP contribution in [0.3, 0.4) is 0 Å². The van der Waals surface area contributed by atoms with E-state index in [-0.39, 0.29) is 0 Å². The van der Waals surface area contributed by atoms with Gasteiger partial charge in [0.05, 0.1) is 4.47 Å². The first kappa shape index (κ1) is 10.8. The Hall–Kier alpha value is -0.680. The molecular formula is C10H15BrN4. The van der Waals surface area contributed by atoms with Crippen molar-refractivity contribution >= 4 is 21.9 Å². The van der Waals surface area contributed by atoms with Gasteiger partial charge in [0.25, 0.3) is 0 Å². The van der Waals surface area contributed by atoms with Gasteiger partial charge in [0.15, 0.2) is 0 Å². The van der Waals surface area contributed by atoms with Crippen LogP contribution >= 0.6 is 15.9 Å². The number of piperazine rings is 1. The molecule has 1 unspecified atom stereocenters. The molecule has 0 amide bonds. The number of nitrogens with zero attached hydrogens (tertiary/aromatic N) is 3. The first-order valence-corrected chi connectivity index (χ1v) is 6.05. The SMILES string of the molecule is CCC1CNCCN1c1ncc(Br)cn1. The maximum Gasteiger partial charge on any atom is 0.225 e. The fraction of sp³-hybridized carbons (Fsp3) is 0.600. The lowest BCUT2D eigenvalue weighted by Crippen LogP contribution is -2.51. The molecule has 15 heavy (non-hydrogen) atoms. The Morgan fingerprint density at radius 2 is 2.27 bits per heavy atom. The molecule has 4 nitrogen and oxygen atoms in total. The Labute approximate surface area is 98.2 Å². The van der Waals surface area contributed by atoms with Gasteiger partial charge in [-0.05, 0) is 22.4 Å². The summed E-state index contributed by atoms with van der Waals surface area (Å²) in [6.07, 6.45) is 4.72. The lowest BCUT2D eigenvalue weighted by Gasteiger charge is -2.35. The van der Waals surface area contributed by atoms with Gasteiger partial charge < -0.3 is 10.2 Å². The third-order valence-electron chi connectivity index (χ3n) is 2.69. The molecule has 0 aliphatic carbocycles. The fourth-order valence-electron chi connectivity index (χ4n) is 1.84. The molecule has 0 saturated carbocycles. The first-order chi connectivity index (χ1) is 7.31. The van der Waals surface area contributed by atoms with Gasteiger partial charge in [-0.2, -0.15) is 0 Å². The Balaban J connectivity index is 2.16. The average molecular weight is 271 g/mol. The van der Waals surface area contributed by atoms with Gasteiger partial charge in [-0.25, -0.2) is 9.97 Å². The molecule has 0 spiro atoms. The van der Waals surface area contributed by atoms with Gasteiger partial charge in [0, 0.05) is 38.1 Å². The van der Waals surface area contributed by atoms with Gasteiger partial charge in [-0.1, -0.05) is 6.92 Å². The molecule has 1 fully saturated rings. The molecule has 2 rings (SSSR count). The Bertz CT molecular complexity index is 314. The molecule has 0 aromatic carbocycles. The highest BCUT2D eigenvalue weighted by Gasteiger charge is 2.22. The zero-order valence-corrected chi connectivity index (χ0v) is 10.4. The number of rotatable bonds is 2. The molecule has 2 heterocycles. The maximum absolute atomic E-state index is 4.34. The summed E-state index contributed by atoms with van der Waals surface area (Å²) in [4.78, 5) is 11.0. The van der Waals surface area contributed by atoms with Gasteiger partial charge in [0.2, 0.25) is 5.95 Å². The summed E-state index contributed by atoms with van der Waals surface area (Å²) in [5.41, 5.74) is 0. The van der Waals surface area contributed by atoms with Crippen LogP contribution in [0.25, 0.3) is 0 Å². The molecular weight excluding hydrogens is 256 g/mol. The van der Waals surface area contributed by atoms with E-state index in [4.69, 9.17) is 0 Å². The van der Waals surface area contributed by atoms with Crippen molar-refractivity contribution in [3.63, 3.8) is 0 Å². The Kier molecular flexibility index (Phi) is 3.53. The van der Waals surface area contributed by atoms with Crippen LogP contribution in [0.2, 0.25) is 0 Å². The van der Waals surface area contributed by atoms with E-state index < -0.39 is 0 Å². The van der Waals surface area contributed by atoms with Crippen LogP contribution in [0, 0.1) is 0 Å². The first-order valence-electron chi connectivity index (χ1n) is 5.26. The lowest BCUT2D eigenvalue weighted by molar-refractivity contribution is 0.459. The second-order valence-electron chi connectivity index (χ2n) is 3.66. The zero-order valence-electron chi connectivity index (χ0n) is 8.78. The van der Waals surface area contributed by atoms with Crippen molar-refractivity contribution in [1.29, 1.82) is 0 Å². The number of anilines is 1. The van der Waals surface area contributed by atoms with E-state index in [0.29, 0.717) is 6.04 Å². The normalized spacial score (nSPS) is 21.7. The molecule has 0 radical (unpaired) electrons. The fourth-order valence-corrected chi connectivity index (χ4v) is 2.05. The summed E-state index contributed by atoms with van der Waals surface area (Å²) in [5.74, 6) is 0.839. The molecule has 1 aliphatic heterocycles. The number of halogens is 1. The minimum absolute atomic E-state index is 0.514. The summed E-state index contributed by atoms with van der Waals surface area (Å²) >= 11 is 3.35. The zero-order chi connectivity index (χ0) is 10.7. The van der Waals surface area contributed by atoms with Crippen LogP contribution in [0.4, 0.5) is 5.95 Å². The predicted molar refractivity (Wildman–Crippen MR) is 64.0 cm³/mol. The van der Waals surface area contributed by atoms with E-state index in [9.17, 15) is 0 Å². The van der Waals surface area contributed by atoms with Crippen LogP contribution in [0.15, 0.2) is 16.9 Å². The van der Waals surface area contributed by atoms with E-state index in [1.807, 2.05) is 0 Å². The molecule has 1 aromatic heterocycles. The highest BCUT2D eigenvalue weighted by Crippen LogP contribution is 2.16. The third-order valence-corrected chi connectivity index (χ3v) is 3.09. The van der Waals surface area contributed by atoms with Crippen molar-refractivity contribution in [3.8, 4) is 0 Å². The smallest absolute Gasteiger partial charge is 0.225 e. The summed E-state index contributed by atoms with van der Waals surface area (Å²) in [6.45, 7) is 5.22. The van der Waals surface area contributed by atoms with Gasteiger partial charge >= 0.3 is 0 Å². The summed E-state index contributed by atoms with van der Waals surface area (Å²) in [6, 6.07) is 0.514. The van der Waals surface area contributed by atoms with E-state index in [1.54, 1.807) is 12.4 Å². The molecule has 1 atom stereocenters. The number of aromatic nitrogens is 2. The van der Waals surface area contributed by atoms with Gasteiger partial charge in [0.1, 0.15) is 0 Å². The summed E-state index contributed by atoms with van der Waals surface area (Å²) in [5, 5.41) is 3.39. The van der Waals surface area contributed by atoms with E-state index in [2.05, 4.69) is 43.0 Å². The highest BCUT2D eigenvalue weighted by molar-refractivity contribution is 9.10. The van der Waals surface area contributed by atoms with Crippen molar-refractivity contribution in [3.05, 3.63) is 16.9 Å². The predicted octanol–water partition coefficient (Wildman–Crippen LogP) is 1.43. The molecule has 1 N–H and O–H groups in total. The Morgan fingerprint density at radius 1 is 1.53 bits per heavy atom. The molecule has 0 bridgehead atoms. The van der Waals surface area contributed by atoms with E-state index >= 15 is 0 Å². The Morgan fingerprint density at radius 3 is 2.93 bits per heavy atom. The van der Waals surface area contributed by atoms with Crippen molar-refractivity contribution in [2.45, 2.75) is 19.4 Å². The van der Waals surface area contributed by atoms with Crippen LogP contribution in [0.5, 0.6) is 0 Å². The quantitative estimate of drug-likeness (QED) is 0.883. The topological polar surface area (TPSA) is 41.0 Å². The van der Waals surface area contributed by atoms with Crippen LogP contribution in [0.1, 0.15) is 13.3 Å².